The zero-order valence-corrected chi connectivity index (χ0v) is 32.3. The Morgan fingerprint density at radius 2 is 1.70 bits per heavy atom. The number of carbonyl (C=O) groups is 2. The fourth-order valence-corrected chi connectivity index (χ4v) is 12.3. The Morgan fingerprint density at radius 1 is 0.981 bits per heavy atom. The molecule has 4 aliphatic rings. The minimum atomic E-state index is -0.792. The number of fused-ring (bicyclic) bond motifs is 6. The summed E-state index contributed by atoms with van der Waals surface area (Å²) >= 11 is 0. The highest BCUT2D eigenvalue weighted by atomic mass is 16.4. The van der Waals surface area contributed by atoms with Crippen LogP contribution in [0.3, 0.4) is 0 Å². The maximum absolute atomic E-state index is 12.6. The van der Waals surface area contributed by atoms with Gasteiger partial charge in [0, 0.05) is 18.4 Å². The summed E-state index contributed by atoms with van der Waals surface area (Å²) in [4.78, 5) is 28.6. The predicted molar refractivity (Wildman–Crippen MR) is 208 cm³/mol. The van der Waals surface area contributed by atoms with Crippen LogP contribution in [-0.4, -0.2) is 55.0 Å². The number of aliphatic hydroxyl groups is 3. The van der Waals surface area contributed by atoms with E-state index in [4.69, 9.17) is 0 Å². The molecule has 286 valence electrons. The number of nitrogens with zero attached hydrogens (tertiary/aromatic N) is 1. The van der Waals surface area contributed by atoms with Crippen molar-refractivity contribution < 1.29 is 30.0 Å². The molecule has 0 amide bonds. The average Bonchev–Trinajstić information content (AvgIpc) is 3.48. The molecule has 0 radical (unpaired) electrons. The van der Waals surface area contributed by atoms with E-state index in [9.17, 15) is 30.0 Å². The second kappa shape index (κ2) is 14.4. The number of aryl methyl sites for hydroxylation is 2. The molecular formula is C45H60N2O6. The first-order chi connectivity index (χ1) is 25.1. The van der Waals surface area contributed by atoms with Crippen molar-refractivity contribution in [2.45, 2.75) is 130 Å². The van der Waals surface area contributed by atoms with Crippen LogP contribution in [0.2, 0.25) is 0 Å². The largest absolute Gasteiger partial charge is 0.481 e. The van der Waals surface area contributed by atoms with E-state index in [-0.39, 0.29) is 58.5 Å². The molecule has 0 saturated heterocycles. The van der Waals surface area contributed by atoms with E-state index in [0.717, 1.165) is 60.0 Å². The highest BCUT2D eigenvalue weighted by Gasteiger charge is 2.66. The maximum Gasteiger partial charge on any atom is 0.303 e. The third kappa shape index (κ3) is 6.82. The van der Waals surface area contributed by atoms with Crippen LogP contribution in [0.4, 0.5) is 5.69 Å². The number of nitrogens with one attached hydrogen (secondary N) is 1. The van der Waals surface area contributed by atoms with Gasteiger partial charge in [-0.25, -0.2) is 0 Å². The van der Waals surface area contributed by atoms with Gasteiger partial charge in [0.25, 0.3) is 0 Å². The van der Waals surface area contributed by atoms with E-state index in [1.165, 1.54) is 5.56 Å². The summed E-state index contributed by atoms with van der Waals surface area (Å²) in [6, 6.07) is 16.4. The second-order valence-corrected chi connectivity index (χ2v) is 18.1. The Balaban J connectivity index is 0.987. The van der Waals surface area contributed by atoms with Crippen LogP contribution in [0.15, 0.2) is 48.5 Å². The van der Waals surface area contributed by atoms with Crippen molar-refractivity contribution in [2.75, 3.05) is 5.32 Å². The summed E-state index contributed by atoms with van der Waals surface area (Å²) < 4.78 is 0. The number of carbonyl (C=O) groups excluding carboxylic acids is 1. The van der Waals surface area contributed by atoms with Gasteiger partial charge in [-0.2, -0.15) is 0 Å². The number of hydrogen-bond donors (Lipinski definition) is 5. The SMILES string of the molecule is CC(=O)c1c(C)nc2ccccc2c1NCc1ccc(CC[C@@]2(O)CC[C@@]3(C)C(CC(O)C4C3C[C@H](O)[C@@]3(C)C4CC[C@@H]3[C@H](C)CCC(=O)O)C2)cc1. The lowest BCUT2D eigenvalue weighted by Gasteiger charge is -2.64. The van der Waals surface area contributed by atoms with E-state index in [1.54, 1.807) is 6.92 Å². The van der Waals surface area contributed by atoms with Crippen LogP contribution in [0.25, 0.3) is 10.9 Å². The van der Waals surface area contributed by atoms with Crippen molar-refractivity contribution in [3.05, 3.63) is 70.9 Å². The van der Waals surface area contributed by atoms with Crippen molar-refractivity contribution in [1.29, 1.82) is 0 Å². The van der Waals surface area contributed by atoms with Gasteiger partial charge in [-0.1, -0.05) is 63.2 Å². The Bertz CT molecular complexity index is 1840. The lowest BCUT2D eigenvalue weighted by atomic mass is 9.42. The lowest BCUT2D eigenvalue weighted by molar-refractivity contribution is -0.216. The van der Waals surface area contributed by atoms with Crippen LogP contribution in [0.5, 0.6) is 0 Å². The van der Waals surface area contributed by atoms with Gasteiger partial charge in [0.2, 0.25) is 0 Å². The number of pyridine rings is 1. The third-order valence-corrected chi connectivity index (χ3v) is 15.3. The molecule has 3 aromatic rings. The minimum absolute atomic E-state index is 0.00946. The van der Waals surface area contributed by atoms with Gasteiger partial charge >= 0.3 is 5.97 Å². The molecule has 4 saturated carbocycles. The first kappa shape index (κ1) is 38.0. The predicted octanol–water partition coefficient (Wildman–Crippen LogP) is 8.12. The normalized spacial score (nSPS) is 35.6. The van der Waals surface area contributed by atoms with Gasteiger partial charge in [-0.05, 0) is 142 Å². The molecule has 53 heavy (non-hydrogen) atoms. The number of benzene rings is 2. The first-order valence-electron chi connectivity index (χ1n) is 20.2. The van der Waals surface area contributed by atoms with Crippen LogP contribution < -0.4 is 5.32 Å². The van der Waals surface area contributed by atoms with Gasteiger partial charge in [-0.15, -0.1) is 0 Å². The Hall–Kier alpha value is -3.33. The Kier molecular flexibility index (Phi) is 10.3. The molecule has 0 aliphatic heterocycles. The Morgan fingerprint density at radius 3 is 2.42 bits per heavy atom. The van der Waals surface area contributed by atoms with E-state index in [1.807, 2.05) is 31.2 Å². The van der Waals surface area contributed by atoms with Gasteiger partial charge in [0.1, 0.15) is 0 Å². The fraction of sp³-hybridized carbons (Fsp3) is 0.622. The summed E-state index contributed by atoms with van der Waals surface area (Å²) in [7, 11) is 0. The molecule has 7 rings (SSSR count). The van der Waals surface area contributed by atoms with E-state index in [2.05, 4.69) is 55.3 Å². The summed E-state index contributed by atoms with van der Waals surface area (Å²) in [5.74, 6) is 0.467. The summed E-state index contributed by atoms with van der Waals surface area (Å²) in [5, 5.41) is 49.6. The van der Waals surface area contributed by atoms with E-state index < -0.39 is 23.8 Å². The van der Waals surface area contributed by atoms with E-state index >= 15 is 0 Å². The maximum atomic E-state index is 12.6. The zero-order valence-electron chi connectivity index (χ0n) is 32.3. The van der Waals surface area contributed by atoms with Crippen LogP contribution in [0, 0.1) is 53.3 Å². The number of ketones is 1. The van der Waals surface area contributed by atoms with Gasteiger partial charge in [-0.3, -0.25) is 14.6 Å². The number of aliphatic hydroxyl groups excluding tert-OH is 2. The van der Waals surface area contributed by atoms with Crippen molar-refractivity contribution in [1.82, 2.24) is 4.98 Å². The molecule has 2 aromatic carbocycles. The van der Waals surface area contributed by atoms with Gasteiger partial charge in [0.05, 0.1) is 40.3 Å². The number of Topliss-reactive ketones (excluding diaryl/α,β-unsaturated/α-hetero) is 1. The standard InChI is InChI=1S/C45H60N2O6/c1-26(10-17-39(51)52)33-15-16-34-41-35(23-38(50)44(33,34)5)43(4)20-21-45(53,24-31(43)22-37(41)49)19-18-29-11-13-30(14-12-29)25-46-42-32-8-6-7-9-36(32)47-27(2)40(42)28(3)48/h6-9,11-14,26,31,33-35,37-38,41,49-50,53H,10,15-25H2,1-5H3,(H,46,47)(H,51,52)/t26-,31?,33-,34?,35?,37?,38+,41?,43+,44-,45-/m1/s1. The van der Waals surface area contributed by atoms with Crippen molar-refractivity contribution in [3.63, 3.8) is 0 Å². The third-order valence-electron chi connectivity index (χ3n) is 15.3. The monoisotopic (exact) mass is 724 g/mol. The number of carboxylic acids is 1. The molecule has 0 spiro atoms. The molecule has 0 bridgehead atoms. The molecule has 5 N–H and O–H groups in total. The molecule has 4 fully saturated rings. The summed E-state index contributed by atoms with van der Waals surface area (Å²) in [6.07, 6.45) is 6.93. The topological polar surface area (TPSA) is 140 Å². The van der Waals surface area contributed by atoms with Crippen LogP contribution in [-0.2, 0) is 17.8 Å². The molecule has 11 atom stereocenters. The van der Waals surface area contributed by atoms with Crippen molar-refractivity contribution in [2.24, 2.45) is 46.3 Å². The number of aromatic nitrogens is 1. The molecule has 4 aliphatic carbocycles. The van der Waals surface area contributed by atoms with Crippen LogP contribution in [0.1, 0.15) is 119 Å². The molecule has 1 aromatic heterocycles. The number of hydrogen-bond acceptors (Lipinski definition) is 7. The van der Waals surface area contributed by atoms with Crippen molar-refractivity contribution >= 4 is 28.3 Å². The molecular weight excluding hydrogens is 665 g/mol. The smallest absolute Gasteiger partial charge is 0.303 e. The molecule has 8 heteroatoms. The Labute approximate surface area is 314 Å². The van der Waals surface area contributed by atoms with Gasteiger partial charge in [0.15, 0.2) is 5.78 Å². The molecule has 1 heterocycles. The molecule has 8 nitrogen and oxygen atoms in total. The first-order valence-corrected chi connectivity index (χ1v) is 20.2. The molecule has 5 unspecified atom stereocenters. The highest BCUT2D eigenvalue weighted by molar-refractivity contribution is 6.08. The highest BCUT2D eigenvalue weighted by Crippen LogP contribution is 2.69. The summed E-state index contributed by atoms with van der Waals surface area (Å²) in [5.41, 5.74) is 4.17. The number of aliphatic carboxylic acids is 1. The average molecular weight is 725 g/mol. The number of para-hydroxylation sites is 1. The number of carboxylic acid groups (broad SMARTS) is 1. The van der Waals surface area contributed by atoms with Crippen molar-refractivity contribution in [3.8, 4) is 0 Å². The second-order valence-electron chi connectivity index (χ2n) is 18.1. The summed E-state index contributed by atoms with van der Waals surface area (Å²) in [6.45, 7) is 10.8. The fourth-order valence-electron chi connectivity index (χ4n) is 12.3. The van der Waals surface area contributed by atoms with Crippen LogP contribution >= 0.6 is 0 Å². The number of rotatable bonds is 11. The minimum Gasteiger partial charge on any atom is -0.481 e. The van der Waals surface area contributed by atoms with Gasteiger partial charge < -0.3 is 25.7 Å². The van der Waals surface area contributed by atoms with E-state index in [0.29, 0.717) is 44.2 Å². The zero-order chi connectivity index (χ0) is 37.9. The number of anilines is 1. The quantitative estimate of drug-likeness (QED) is 0.125. The lowest BCUT2D eigenvalue weighted by Crippen LogP contribution is -2.63.